The van der Waals surface area contributed by atoms with Crippen molar-refractivity contribution < 1.29 is 32.2 Å². The number of methoxy groups -OCH3 is 1. The summed E-state index contributed by atoms with van der Waals surface area (Å²) < 4.78 is 57.7. The van der Waals surface area contributed by atoms with E-state index in [-0.39, 0.29) is 24.7 Å². The highest BCUT2D eigenvalue weighted by molar-refractivity contribution is 7.15. The van der Waals surface area contributed by atoms with E-state index in [1.165, 1.54) is 18.4 Å². The van der Waals surface area contributed by atoms with Gasteiger partial charge in [-0.1, -0.05) is 24.7 Å². The van der Waals surface area contributed by atoms with Crippen LogP contribution in [-0.2, 0) is 22.2 Å². The number of rotatable bonds is 10. The molecule has 0 unspecified atom stereocenters. The lowest BCUT2D eigenvalue weighted by Crippen LogP contribution is -2.21. The molecule has 0 bridgehead atoms. The number of benzene rings is 1. The number of carbonyl (C=O) groups excluding carboxylic acids is 1. The summed E-state index contributed by atoms with van der Waals surface area (Å²) >= 11 is 1.21. The van der Waals surface area contributed by atoms with Crippen LogP contribution in [0.3, 0.4) is 0 Å². The molecule has 1 aromatic carbocycles. The maximum Gasteiger partial charge on any atom is 0.416 e. The van der Waals surface area contributed by atoms with E-state index in [0.717, 1.165) is 36.6 Å². The summed E-state index contributed by atoms with van der Waals surface area (Å²) in [6.07, 6.45) is -1.62. The van der Waals surface area contributed by atoms with E-state index in [1.807, 2.05) is 17.6 Å². The molecule has 1 amide bonds. The zero-order valence-corrected chi connectivity index (χ0v) is 19.9. The molecule has 3 aromatic rings. The van der Waals surface area contributed by atoms with E-state index in [4.69, 9.17) is 14.2 Å². The molecule has 184 valence electrons. The van der Waals surface area contributed by atoms with Crippen molar-refractivity contribution in [1.82, 2.24) is 9.55 Å². The number of ether oxygens (including phenoxy) is 3. The lowest BCUT2D eigenvalue weighted by molar-refractivity contribution is -0.137. The van der Waals surface area contributed by atoms with Gasteiger partial charge in [0.15, 0.2) is 4.80 Å². The topological polar surface area (TPSA) is 74.9 Å². The number of alkyl halides is 3. The monoisotopic (exact) mass is 497 g/mol. The molecule has 2 heterocycles. The highest BCUT2D eigenvalue weighted by atomic mass is 32.1. The van der Waals surface area contributed by atoms with E-state index < -0.39 is 23.8 Å². The maximum atomic E-state index is 13.4. The number of carbonyl (C=O) groups is 1. The summed E-state index contributed by atoms with van der Waals surface area (Å²) in [5, 5.41) is 0. The SMILES string of the molecule is CCCCn1/c(=N/C(=O)c2cc(C(F)(F)F)ccc2OC[C@H](C)OCOC)sc2ncccc21. The second-order valence-electron chi connectivity index (χ2n) is 7.54. The second-order valence-corrected chi connectivity index (χ2v) is 8.49. The molecule has 0 saturated carbocycles. The summed E-state index contributed by atoms with van der Waals surface area (Å²) in [5.74, 6) is -0.836. The van der Waals surface area contributed by atoms with E-state index in [2.05, 4.69) is 9.98 Å². The first-order valence-electron chi connectivity index (χ1n) is 10.7. The third-order valence-corrected chi connectivity index (χ3v) is 5.88. The van der Waals surface area contributed by atoms with Crippen molar-refractivity contribution in [3.8, 4) is 5.75 Å². The van der Waals surface area contributed by atoms with Crippen LogP contribution in [0.15, 0.2) is 41.5 Å². The van der Waals surface area contributed by atoms with Gasteiger partial charge in [-0.3, -0.25) is 4.79 Å². The van der Waals surface area contributed by atoms with Crippen LogP contribution in [-0.4, -0.2) is 42.1 Å². The van der Waals surface area contributed by atoms with Crippen molar-refractivity contribution in [2.24, 2.45) is 4.99 Å². The molecule has 1 atom stereocenters. The van der Waals surface area contributed by atoms with Crippen LogP contribution in [0.4, 0.5) is 13.2 Å². The number of amides is 1. The van der Waals surface area contributed by atoms with Gasteiger partial charge in [0.1, 0.15) is 24.0 Å². The van der Waals surface area contributed by atoms with Crippen LogP contribution in [0.5, 0.6) is 5.75 Å². The average Bonchev–Trinajstić information content (AvgIpc) is 3.15. The summed E-state index contributed by atoms with van der Waals surface area (Å²) in [7, 11) is 1.47. The van der Waals surface area contributed by atoms with Crippen LogP contribution in [0.25, 0.3) is 10.3 Å². The first-order chi connectivity index (χ1) is 16.2. The number of thiazole rings is 1. The summed E-state index contributed by atoms with van der Waals surface area (Å²) in [6.45, 7) is 4.41. The molecule has 11 heteroatoms. The van der Waals surface area contributed by atoms with Gasteiger partial charge in [-0.05, 0) is 43.7 Å². The van der Waals surface area contributed by atoms with Crippen molar-refractivity contribution in [2.75, 3.05) is 20.5 Å². The van der Waals surface area contributed by atoms with Crippen LogP contribution >= 0.6 is 11.3 Å². The molecule has 2 aromatic heterocycles. The Kier molecular flexibility index (Phi) is 8.81. The number of aromatic nitrogens is 2. The van der Waals surface area contributed by atoms with E-state index in [1.54, 1.807) is 19.2 Å². The fourth-order valence-electron chi connectivity index (χ4n) is 3.11. The Bertz CT molecular complexity index is 1190. The van der Waals surface area contributed by atoms with Gasteiger partial charge in [-0.25, -0.2) is 4.98 Å². The zero-order valence-electron chi connectivity index (χ0n) is 19.1. The minimum absolute atomic E-state index is 0.00559. The van der Waals surface area contributed by atoms with Gasteiger partial charge in [0.25, 0.3) is 5.91 Å². The minimum Gasteiger partial charge on any atom is -0.490 e. The molecule has 0 spiro atoms. The number of pyridine rings is 1. The van der Waals surface area contributed by atoms with Gasteiger partial charge in [-0.15, -0.1) is 0 Å². The summed E-state index contributed by atoms with van der Waals surface area (Å²) in [5.41, 5.74) is -0.419. The maximum absolute atomic E-state index is 13.4. The number of nitrogens with zero attached hydrogens (tertiary/aromatic N) is 3. The van der Waals surface area contributed by atoms with Crippen LogP contribution in [0.2, 0.25) is 0 Å². The Morgan fingerprint density at radius 3 is 2.79 bits per heavy atom. The molecule has 0 fully saturated rings. The number of hydrogen-bond acceptors (Lipinski definition) is 6. The number of fused-ring (bicyclic) bond motifs is 1. The fourth-order valence-corrected chi connectivity index (χ4v) is 4.11. The van der Waals surface area contributed by atoms with Gasteiger partial charge in [-0.2, -0.15) is 18.2 Å². The van der Waals surface area contributed by atoms with Crippen molar-refractivity contribution in [3.63, 3.8) is 0 Å². The van der Waals surface area contributed by atoms with Crippen molar-refractivity contribution in [3.05, 3.63) is 52.5 Å². The molecule has 7 nitrogen and oxygen atoms in total. The largest absolute Gasteiger partial charge is 0.490 e. The molecule has 0 radical (unpaired) electrons. The number of aryl methyl sites for hydroxylation is 1. The lowest BCUT2D eigenvalue weighted by Gasteiger charge is -2.16. The standard InChI is InChI=1S/C23H26F3N3O4S/c1-4-5-11-29-18-7-6-10-27-21(18)34-22(29)28-20(30)17-12-16(23(24,25)26)8-9-19(17)32-13-15(2)33-14-31-3/h6-10,12,15H,4-5,11,13-14H2,1-3H3/b28-22-/t15-/m0/s1. The highest BCUT2D eigenvalue weighted by Gasteiger charge is 2.32. The van der Waals surface area contributed by atoms with Crippen molar-refractivity contribution >= 4 is 27.6 Å². The molecule has 0 aliphatic rings. The van der Waals surface area contributed by atoms with E-state index in [9.17, 15) is 18.0 Å². The Balaban J connectivity index is 2.01. The molecule has 0 N–H and O–H groups in total. The minimum atomic E-state index is -4.62. The van der Waals surface area contributed by atoms with Gasteiger partial charge in [0.2, 0.25) is 0 Å². The number of unbranched alkanes of at least 4 members (excludes halogenated alkanes) is 1. The van der Waals surface area contributed by atoms with Gasteiger partial charge < -0.3 is 18.8 Å². The van der Waals surface area contributed by atoms with Gasteiger partial charge >= 0.3 is 6.18 Å². The van der Waals surface area contributed by atoms with Crippen LogP contribution in [0, 0.1) is 0 Å². The van der Waals surface area contributed by atoms with Gasteiger partial charge in [0.05, 0.1) is 22.7 Å². The van der Waals surface area contributed by atoms with Gasteiger partial charge in [0, 0.05) is 19.9 Å². The normalized spacial score (nSPS) is 13.4. The van der Waals surface area contributed by atoms with Crippen molar-refractivity contribution in [1.29, 1.82) is 0 Å². The molecular weight excluding hydrogens is 471 g/mol. The van der Waals surface area contributed by atoms with E-state index >= 15 is 0 Å². The molecule has 34 heavy (non-hydrogen) atoms. The smallest absolute Gasteiger partial charge is 0.416 e. The highest BCUT2D eigenvalue weighted by Crippen LogP contribution is 2.33. The molecule has 3 rings (SSSR count). The van der Waals surface area contributed by atoms with Crippen molar-refractivity contribution in [2.45, 2.75) is 45.5 Å². The lowest BCUT2D eigenvalue weighted by atomic mass is 10.1. The fraction of sp³-hybridized carbons (Fsp3) is 0.435. The zero-order chi connectivity index (χ0) is 24.7. The first-order valence-corrected chi connectivity index (χ1v) is 11.5. The summed E-state index contributed by atoms with van der Waals surface area (Å²) in [6, 6.07) is 6.43. The molecule has 0 aliphatic carbocycles. The predicted octanol–water partition coefficient (Wildman–Crippen LogP) is 5.05. The predicted molar refractivity (Wildman–Crippen MR) is 122 cm³/mol. The van der Waals surface area contributed by atoms with Crippen LogP contribution in [0.1, 0.15) is 42.6 Å². The first kappa shape index (κ1) is 25.9. The Morgan fingerprint density at radius 1 is 1.29 bits per heavy atom. The number of hydrogen-bond donors (Lipinski definition) is 0. The van der Waals surface area contributed by atoms with Crippen LogP contribution < -0.4 is 9.54 Å². The molecular formula is C23H26F3N3O4S. The number of halogens is 3. The quantitative estimate of drug-likeness (QED) is 0.367. The third-order valence-electron chi connectivity index (χ3n) is 4.87. The Hall–Kier alpha value is -2.76. The molecule has 0 saturated heterocycles. The molecule has 0 aliphatic heterocycles. The second kappa shape index (κ2) is 11.6. The third kappa shape index (κ3) is 6.43. The van der Waals surface area contributed by atoms with E-state index in [0.29, 0.717) is 16.2 Å². The Morgan fingerprint density at radius 2 is 2.09 bits per heavy atom. The Labute approximate surface area is 198 Å². The summed E-state index contributed by atoms with van der Waals surface area (Å²) in [4.78, 5) is 22.7. The average molecular weight is 498 g/mol.